The van der Waals surface area contributed by atoms with Crippen LogP contribution in [0.5, 0.6) is 0 Å². The molecule has 138 valence electrons. The molecule has 25 heavy (non-hydrogen) atoms. The summed E-state index contributed by atoms with van der Waals surface area (Å²) in [5.41, 5.74) is 7.36. The van der Waals surface area contributed by atoms with Gasteiger partial charge in [0.25, 0.3) is 0 Å². The molecule has 1 saturated heterocycles. The number of nitrogens with two attached hydrogens (primary N) is 1. The average Bonchev–Trinajstić information content (AvgIpc) is 3.01. The van der Waals surface area contributed by atoms with Gasteiger partial charge in [-0.05, 0) is 30.9 Å². The van der Waals surface area contributed by atoms with E-state index >= 15 is 0 Å². The SMILES string of the molecule is NC[C@@H]1CN(CC(=O)NC2CCCCCCC2)C[C@H]1c1ccccc1. The van der Waals surface area contributed by atoms with Gasteiger partial charge in [0.05, 0.1) is 6.54 Å². The zero-order chi connectivity index (χ0) is 17.5. The minimum atomic E-state index is 0.190. The number of carbonyl (C=O) groups excluding carboxylic acids is 1. The summed E-state index contributed by atoms with van der Waals surface area (Å²) in [7, 11) is 0. The van der Waals surface area contributed by atoms with Crippen molar-refractivity contribution in [3.63, 3.8) is 0 Å². The van der Waals surface area contributed by atoms with Gasteiger partial charge in [-0.2, -0.15) is 0 Å². The van der Waals surface area contributed by atoms with Crippen LogP contribution in [-0.4, -0.2) is 43.0 Å². The third-order valence-corrected chi connectivity index (χ3v) is 5.88. The molecule has 1 heterocycles. The molecule has 0 bridgehead atoms. The Balaban J connectivity index is 1.51. The van der Waals surface area contributed by atoms with Crippen LogP contribution in [0.15, 0.2) is 30.3 Å². The molecule has 4 nitrogen and oxygen atoms in total. The molecule has 1 amide bonds. The van der Waals surface area contributed by atoms with Crippen LogP contribution in [0.4, 0.5) is 0 Å². The molecule has 0 aromatic heterocycles. The third-order valence-electron chi connectivity index (χ3n) is 5.88. The van der Waals surface area contributed by atoms with Crippen molar-refractivity contribution in [2.45, 2.75) is 56.9 Å². The number of carbonyl (C=O) groups is 1. The molecule has 1 saturated carbocycles. The summed E-state index contributed by atoms with van der Waals surface area (Å²) >= 11 is 0. The quantitative estimate of drug-likeness (QED) is 0.864. The van der Waals surface area contributed by atoms with Crippen molar-refractivity contribution in [3.8, 4) is 0 Å². The summed E-state index contributed by atoms with van der Waals surface area (Å²) in [6.07, 6.45) is 8.77. The lowest BCUT2D eigenvalue weighted by Gasteiger charge is -2.23. The Kier molecular flexibility index (Phi) is 6.88. The average molecular weight is 344 g/mol. The van der Waals surface area contributed by atoms with E-state index in [-0.39, 0.29) is 5.91 Å². The lowest BCUT2D eigenvalue weighted by atomic mass is 9.89. The largest absolute Gasteiger partial charge is 0.352 e. The Hall–Kier alpha value is -1.39. The van der Waals surface area contributed by atoms with Crippen LogP contribution in [0.1, 0.15) is 56.4 Å². The van der Waals surface area contributed by atoms with Crippen molar-refractivity contribution in [1.29, 1.82) is 0 Å². The molecular formula is C21H33N3O. The van der Waals surface area contributed by atoms with E-state index in [4.69, 9.17) is 5.73 Å². The lowest BCUT2D eigenvalue weighted by Crippen LogP contribution is -2.42. The van der Waals surface area contributed by atoms with E-state index in [2.05, 4.69) is 40.5 Å². The lowest BCUT2D eigenvalue weighted by molar-refractivity contribution is -0.122. The van der Waals surface area contributed by atoms with Crippen LogP contribution < -0.4 is 11.1 Å². The van der Waals surface area contributed by atoms with Crippen molar-refractivity contribution in [2.75, 3.05) is 26.2 Å². The Labute approximate surface area is 152 Å². The Morgan fingerprint density at radius 1 is 1.04 bits per heavy atom. The number of amides is 1. The zero-order valence-electron chi connectivity index (χ0n) is 15.3. The number of benzene rings is 1. The molecule has 2 fully saturated rings. The second kappa shape index (κ2) is 9.35. The van der Waals surface area contributed by atoms with E-state index in [1.165, 1.54) is 37.7 Å². The van der Waals surface area contributed by atoms with Crippen molar-refractivity contribution < 1.29 is 4.79 Å². The molecule has 2 aliphatic rings. The predicted molar refractivity (Wildman–Crippen MR) is 102 cm³/mol. The van der Waals surface area contributed by atoms with Crippen molar-refractivity contribution in [2.24, 2.45) is 11.7 Å². The summed E-state index contributed by atoms with van der Waals surface area (Å²) in [5.74, 6) is 1.08. The van der Waals surface area contributed by atoms with Crippen LogP contribution in [0.2, 0.25) is 0 Å². The van der Waals surface area contributed by atoms with Gasteiger partial charge in [0.1, 0.15) is 0 Å². The fourth-order valence-corrected chi connectivity index (χ4v) is 4.48. The summed E-state index contributed by atoms with van der Waals surface area (Å²) in [5, 5.41) is 3.29. The van der Waals surface area contributed by atoms with E-state index in [9.17, 15) is 4.79 Å². The highest BCUT2D eigenvalue weighted by Gasteiger charge is 2.33. The molecule has 2 atom stereocenters. The number of rotatable bonds is 5. The number of hydrogen-bond donors (Lipinski definition) is 2. The molecular weight excluding hydrogens is 310 g/mol. The first-order valence-electron chi connectivity index (χ1n) is 10.0. The maximum absolute atomic E-state index is 12.5. The van der Waals surface area contributed by atoms with Gasteiger partial charge in [0.15, 0.2) is 0 Å². The minimum absolute atomic E-state index is 0.190. The van der Waals surface area contributed by atoms with Gasteiger partial charge >= 0.3 is 0 Å². The number of hydrogen-bond acceptors (Lipinski definition) is 3. The monoisotopic (exact) mass is 343 g/mol. The summed E-state index contributed by atoms with van der Waals surface area (Å²) in [4.78, 5) is 14.8. The van der Waals surface area contributed by atoms with Gasteiger partial charge in [-0.15, -0.1) is 0 Å². The highest BCUT2D eigenvalue weighted by atomic mass is 16.2. The van der Waals surface area contributed by atoms with Gasteiger partial charge in [0.2, 0.25) is 5.91 Å². The van der Waals surface area contributed by atoms with Crippen LogP contribution in [0.25, 0.3) is 0 Å². The van der Waals surface area contributed by atoms with E-state index < -0.39 is 0 Å². The second-order valence-electron chi connectivity index (χ2n) is 7.82. The zero-order valence-corrected chi connectivity index (χ0v) is 15.3. The van der Waals surface area contributed by atoms with Gasteiger partial charge < -0.3 is 11.1 Å². The molecule has 1 aliphatic heterocycles. The van der Waals surface area contributed by atoms with Crippen molar-refractivity contribution in [3.05, 3.63) is 35.9 Å². The van der Waals surface area contributed by atoms with Gasteiger partial charge in [-0.1, -0.05) is 62.4 Å². The Bertz CT molecular complexity index is 525. The molecule has 0 unspecified atom stereocenters. The maximum Gasteiger partial charge on any atom is 0.234 e. The van der Waals surface area contributed by atoms with Gasteiger partial charge in [-0.3, -0.25) is 9.69 Å². The molecule has 0 radical (unpaired) electrons. The maximum atomic E-state index is 12.5. The third kappa shape index (κ3) is 5.29. The summed E-state index contributed by atoms with van der Waals surface area (Å²) in [6.45, 7) is 3.05. The van der Waals surface area contributed by atoms with Crippen LogP contribution in [-0.2, 0) is 4.79 Å². The molecule has 1 aliphatic carbocycles. The standard InChI is InChI=1S/C21H33N3O/c22-13-18-14-24(15-20(18)17-9-5-4-6-10-17)16-21(25)23-19-11-7-2-1-3-8-12-19/h4-6,9-10,18-20H,1-3,7-8,11-16,22H2,(H,23,25)/t18-,20+/m1/s1. The van der Waals surface area contributed by atoms with E-state index in [1.54, 1.807) is 0 Å². The van der Waals surface area contributed by atoms with Crippen LogP contribution in [0.3, 0.4) is 0 Å². The Morgan fingerprint density at radius 2 is 1.72 bits per heavy atom. The first-order chi connectivity index (χ1) is 12.3. The van der Waals surface area contributed by atoms with E-state index in [0.29, 0.717) is 31.0 Å². The molecule has 4 heteroatoms. The molecule has 1 aromatic carbocycles. The smallest absolute Gasteiger partial charge is 0.234 e. The van der Waals surface area contributed by atoms with Crippen LogP contribution >= 0.6 is 0 Å². The molecule has 3 rings (SSSR count). The second-order valence-corrected chi connectivity index (χ2v) is 7.82. The van der Waals surface area contributed by atoms with Gasteiger partial charge in [0, 0.05) is 25.0 Å². The topological polar surface area (TPSA) is 58.4 Å². The predicted octanol–water partition coefficient (Wildman–Crippen LogP) is 2.89. The van der Waals surface area contributed by atoms with Crippen molar-refractivity contribution in [1.82, 2.24) is 10.2 Å². The molecule has 1 aromatic rings. The fraction of sp³-hybridized carbons (Fsp3) is 0.667. The van der Waals surface area contributed by atoms with Crippen LogP contribution in [0, 0.1) is 5.92 Å². The first-order valence-corrected chi connectivity index (χ1v) is 10.0. The molecule has 0 spiro atoms. The number of nitrogens with zero attached hydrogens (tertiary/aromatic N) is 1. The number of nitrogens with one attached hydrogen (secondary N) is 1. The summed E-state index contributed by atoms with van der Waals surface area (Å²) < 4.78 is 0. The fourth-order valence-electron chi connectivity index (χ4n) is 4.48. The minimum Gasteiger partial charge on any atom is -0.352 e. The molecule has 3 N–H and O–H groups in total. The van der Waals surface area contributed by atoms with E-state index in [0.717, 1.165) is 25.9 Å². The highest BCUT2D eigenvalue weighted by molar-refractivity contribution is 5.78. The normalized spacial score (nSPS) is 26.1. The van der Waals surface area contributed by atoms with Gasteiger partial charge in [-0.25, -0.2) is 0 Å². The van der Waals surface area contributed by atoms with E-state index in [1.807, 2.05) is 0 Å². The van der Waals surface area contributed by atoms with Crippen molar-refractivity contribution >= 4 is 5.91 Å². The summed E-state index contributed by atoms with van der Waals surface area (Å²) in [6, 6.07) is 11.0. The highest BCUT2D eigenvalue weighted by Crippen LogP contribution is 2.31. The first kappa shape index (κ1) is 18.4. The number of likely N-dealkylation sites (tertiary alicyclic amines) is 1. The Morgan fingerprint density at radius 3 is 2.40 bits per heavy atom.